The first kappa shape index (κ1) is 23.4. The lowest BCUT2D eigenvalue weighted by Crippen LogP contribution is -2.32. The maximum Gasteiger partial charge on any atom is 0.235 e. The first-order chi connectivity index (χ1) is 15.3. The van der Waals surface area contributed by atoms with Crippen LogP contribution >= 0.6 is 23.2 Å². The Balaban J connectivity index is 1.92. The topological polar surface area (TPSA) is 89.5 Å². The third-order valence-electron chi connectivity index (χ3n) is 4.59. The van der Waals surface area contributed by atoms with Crippen LogP contribution < -0.4 is 9.64 Å². The minimum atomic E-state index is -0.559. The number of anilines is 1. The lowest BCUT2D eigenvalue weighted by atomic mass is 10.1. The monoisotopic (exact) mass is 471 g/mol. The van der Waals surface area contributed by atoms with Crippen molar-refractivity contribution >= 4 is 46.4 Å². The molecule has 1 amide bonds. The van der Waals surface area contributed by atoms with Crippen molar-refractivity contribution in [2.75, 3.05) is 12.0 Å². The molecule has 2 aromatic carbocycles. The maximum atomic E-state index is 13.2. The number of halogens is 2. The molecule has 0 fully saturated rings. The van der Waals surface area contributed by atoms with E-state index in [9.17, 15) is 14.4 Å². The van der Waals surface area contributed by atoms with Crippen molar-refractivity contribution in [3.63, 3.8) is 0 Å². The van der Waals surface area contributed by atoms with Gasteiger partial charge in [-0.2, -0.15) is 4.98 Å². The minimum absolute atomic E-state index is 0.114. The zero-order chi connectivity index (χ0) is 23.3. The van der Waals surface area contributed by atoms with Gasteiger partial charge >= 0.3 is 0 Å². The molecule has 0 unspecified atom stereocenters. The van der Waals surface area contributed by atoms with E-state index in [-0.39, 0.29) is 24.0 Å². The summed E-state index contributed by atoms with van der Waals surface area (Å²) < 4.78 is 5.01. The lowest BCUT2D eigenvalue weighted by Gasteiger charge is -2.23. The number of ketones is 2. The van der Waals surface area contributed by atoms with Crippen molar-refractivity contribution in [2.45, 2.75) is 19.9 Å². The number of ether oxygens (including phenoxy) is 1. The summed E-state index contributed by atoms with van der Waals surface area (Å²) >= 11 is 12.1. The number of amides is 1. The van der Waals surface area contributed by atoms with E-state index in [0.717, 1.165) is 0 Å². The molecule has 32 heavy (non-hydrogen) atoms. The smallest absolute Gasteiger partial charge is 0.235 e. The van der Waals surface area contributed by atoms with Crippen molar-refractivity contribution in [1.82, 2.24) is 9.97 Å². The Kier molecular flexibility index (Phi) is 7.56. The third kappa shape index (κ3) is 5.69. The van der Waals surface area contributed by atoms with E-state index in [1.807, 2.05) is 0 Å². The van der Waals surface area contributed by atoms with E-state index in [1.165, 1.54) is 31.2 Å². The molecule has 0 saturated carbocycles. The number of hydrogen-bond acceptors (Lipinski definition) is 6. The van der Waals surface area contributed by atoms with Gasteiger partial charge in [-0.1, -0.05) is 41.4 Å². The molecule has 0 saturated heterocycles. The van der Waals surface area contributed by atoms with Gasteiger partial charge in [0.1, 0.15) is 0 Å². The molecule has 9 heteroatoms. The third-order valence-corrected chi connectivity index (χ3v) is 5.33. The van der Waals surface area contributed by atoms with Crippen LogP contribution in [-0.2, 0) is 11.3 Å². The van der Waals surface area contributed by atoms with Gasteiger partial charge in [-0.25, -0.2) is 4.98 Å². The predicted octanol–water partition coefficient (Wildman–Crippen LogP) is 4.80. The number of methoxy groups -OCH3 is 1. The minimum Gasteiger partial charge on any atom is -0.481 e. The van der Waals surface area contributed by atoms with Crippen molar-refractivity contribution in [3.05, 3.63) is 81.7 Å². The molecule has 0 radical (unpaired) electrons. The van der Waals surface area contributed by atoms with Crippen LogP contribution in [0, 0.1) is 0 Å². The zero-order valence-corrected chi connectivity index (χ0v) is 18.9. The van der Waals surface area contributed by atoms with E-state index in [2.05, 4.69) is 9.97 Å². The van der Waals surface area contributed by atoms with E-state index >= 15 is 0 Å². The van der Waals surface area contributed by atoms with Gasteiger partial charge in [-0.05, 0) is 36.8 Å². The van der Waals surface area contributed by atoms with Crippen LogP contribution in [0.2, 0.25) is 10.0 Å². The summed E-state index contributed by atoms with van der Waals surface area (Å²) in [6.45, 7) is 1.55. The van der Waals surface area contributed by atoms with Crippen molar-refractivity contribution in [2.24, 2.45) is 0 Å². The van der Waals surface area contributed by atoms with Crippen molar-refractivity contribution < 1.29 is 19.1 Å². The highest BCUT2D eigenvalue weighted by Gasteiger charge is 2.23. The molecule has 0 aliphatic rings. The van der Waals surface area contributed by atoms with Gasteiger partial charge in [-0.3, -0.25) is 14.4 Å². The van der Waals surface area contributed by atoms with Gasteiger partial charge in [0.2, 0.25) is 17.6 Å². The van der Waals surface area contributed by atoms with E-state index in [1.54, 1.807) is 42.5 Å². The molecule has 164 valence electrons. The first-order valence-electron chi connectivity index (χ1n) is 9.54. The molecule has 0 aliphatic heterocycles. The molecule has 0 N–H and O–H groups in total. The molecule has 0 spiro atoms. The molecule has 0 bridgehead atoms. The van der Waals surface area contributed by atoms with Crippen LogP contribution in [-0.4, -0.2) is 34.6 Å². The molecule has 1 heterocycles. The van der Waals surface area contributed by atoms with Crippen LogP contribution in [0.4, 0.5) is 5.69 Å². The Hall–Kier alpha value is -3.29. The number of benzene rings is 2. The highest BCUT2D eigenvalue weighted by molar-refractivity contribution is 6.42. The van der Waals surface area contributed by atoms with Crippen LogP contribution in [0.15, 0.2) is 54.7 Å². The fourth-order valence-corrected chi connectivity index (χ4v) is 3.26. The second-order valence-electron chi connectivity index (χ2n) is 6.86. The summed E-state index contributed by atoms with van der Waals surface area (Å²) in [6.07, 6.45) is 0.909. The standard InChI is InChI=1S/C23H19Cl2N3O4/c1-14(29)16-4-3-5-17(11-16)28(13-15-6-7-18(24)19(25)10-15)22(31)12-20(30)23-26-9-8-21(27-23)32-2/h3-11H,12-13H2,1-2H3. The average molecular weight is 472 g/mol. The number of hydrogen-bond donors (Lipinski definition) is 0. The number of Topliss-reactive ketones (excluding diaryl/α,β-unsaturated/α-hetero) is 2. The van der Waals surface area contributed by atoms with Crippen LogP contribution in [0.5, 0.6) is 5.88 Å². The second-order valence-corrected chi connectivity index (χ2v) is 7.67. The maximum absolute atomic E-state index is 13.2. The summed E-state index contributed by atoms with van der Waals surface area (Å²) in [5, 5.41) is 0.729. The van der Waals surface area contributed by atoms with Gasteiger partial charge < -0.3 is 9.64 Å². The van der Waals surface area contributed by atoms with Crippen LogP contribution in [0.25, 0.3) is 0 Å². The molecule has 3 aromatic rings. The Morgan fingerprint density at radius 1 is 1.03 bits per heavy atom. The molecular weight excluding hydrogens is 453 g/mol. The largest absolute Gasteiger partial charge is 0.481 e. The molecular formula is C23H19Cl2N3O4. The number of carbonyl (C=O) groups excluding carboxylic acids is 3. The zero-order valence-electron chi connectivity index (χ0n) is 17.3. The fraction of sp³-hybridized carbons (Fsp3) is 0.174. The summed E-state index contributed by atoms with van der Waals surface area (Å²) in [4.78, 5) is 47.0. The predicted molar refractivity (Wildman–Crippen MR) is 122 cm³/mol. The van der Waals surface area contributed by atoms with Crippen molar-refractivity contribution in [1.29, 1.82) is 0 Å². The Morgan fingerprint density at radius 3 is 2.50 bits per heavy atom. The van der Waals surface area contributed by atoms with E-state index in [0.29, 0.717) is 26.9 Å². The number of carbonyl (C=O) groups is 3. The quantitative estimate of drug-likeness (QED) is 0.346. The Morgan fingerprint density at radius 2 is 1.81 bits per heavy atom. The van der Waals surface area contributed by atoms with Crippen molar-refractivity contribution in [3.8, 4) is 5.88 Å². The molecule has 7 nitrogen and oxygen atoms in total. The van der Waals surface area contributed by atoms with Gasteiger partial charge in [-0.15, -0.1) is 0 Å². The van der Waals surface area contributed by atoms with Gasteiger partial charge in [0.15, 0.2) is 11.6 Å². The molecule has 0 atom stereocenters. The lowest BCUT2D eigenvalue weighted by molar-refractivity contribution is -0.117. The molecule has 3 rings (SSSR count). The first-order valence-corrected chi connectivity index (χ1v) is 10.3. The van der Waals surface area contributed by atoms with Gasteiger partial charge in [0.25, 0.3) is 0 Å². The average Bonchev–Trinajstić information content (AvgIpc) is 2.79. The molecule has 0 aliphatic carbocycles. The number of rotatable bonds is 8. The summed E-state index contributed by atoms with van der Waals surface area (Å²) in [5.41, 5.74) is 1.61. The van der Waals surface area contributed by atoms with Gasteiger partial charge in [0.05, 0.1) is 30.1 Å². The SMILES string of the molecule is COc1ccnc(C(=O)CC(=O)N(Cc2ccc(Cl)c(Cl)c2)c2cccc(C(C)=O)c2)n1. The summed E-state index contributed by atoms with van der Waals surface area (Å²) in [7, 11) is 1.42. The normalized spacial score (nSPS) is 10.5. The Bertz CT molecular complexity index is 1180. The summed E-state index contributed by atoms with van der Waals surface area (Å²) in [6, 6.07) is 13.1. The van der Waals surface area contributed by atoms with Gasteiger partial charge in [0, 0.05) is 23.5 Å². The second kappa shape index (κ2) is 10.3. The summed E-state index contributed by atoms with van der Waals surface area (Å²) in [5.74, 6) is -1.10. The van der Waals surface area contributed by atoms with Crippen LogP contribution in [0.3, 0.4) is 0 Å². The highest BCUT2D eigenvalue weighted by Crippen LogP contribution is 2.26. The highest BCUT2D eigenvalue weighted by atomic mass is 35.5. The molecule has 1 aromatic heterocycles. The van der Waals surface area contributed by atoms with E-state index in [4.69, 9.17) is 27.9 Å². The number of nitrogens with zero attached hydrogens (tertiary/aromatic N) is 3. The fourth-order valence-electron chi connectivity index (χ4n) is 2.94. The van der Waals surface area contributed by atoms with Crippen LogP contribution in [0.1, 0.15) is 39.9 Å². The van der Waals surface area contributed by atoms with E-state index < -0.39 is 18.1 Å². The Labute approximate surface area is 195 Å². The number of aromatic nitrogens is 2.